The number of nitrogens with zero attached hydrogens (tertiary/aromatic N) is 1. The number of benzene rings is 1. The number of amides is 2. The van der Waals surface area contributed by atoms with Gasteiger partial charge in [0.25, 0.3) is 0 Å². The maximum atomic E-state index is 12.3. The minimum Gasteiger partial charge on any atom is -0.368 e. The van der Waals surface area contributed by atoms with Gasteiger partial charge in [-0.15, -0.1) is 12.6 Å². The third kappa shape index (κ3) is 3.82. The molecule has 1 aromatic carbocycles. The Balaban J connectivity index is 2.09. The van der Waals surface area contributed by atoms with Gasteiger partial charge in [0.15, 0.2) is 5.78 Å². The van der Waals surface area contributed by atoms with Crippen LogP contribution in [0.5, 0.6) is 0 Å². The van der Waals surface area contributed by atoms with Gasteiger partial charge in [-0.05, 0) is 12.1 Å². The summed E-state index contributed by atoms with van der Waals surface area (Å²) in [5.41, 5.74) is 6.08. The highest BCUT2D eigenvalue weighted by Gasteiger charge is 2.13. The Morgan fingerprint density at radius 3 is 2.68 bits per heavy atom. The van der Waals surface area contributed by atoms with E-state index in [1.165, 1.54) is 0 Å². The van der Waals surface area contributed by atoms with E-state index in [2.05, 4.69) is 22.9 Å². The van der Waals surface area contributed by atoms with Crippen LogP contribution in [0.1, 0.15) is 23.2 Å². The van der Waals surface area contributed by atoms with Crippen molar-refractivity contribution in [2.24, 2.45) is 5.73 Å². The molecule has 2 amide bonds. The lowest BCUT2D eigenvalue weighted by molar-refractivity contribution is -0.124. The van der Waals surface area contributed by atoms with Gasteiger partial charge in [0.05, 0.1) is 12.1 Å². The molecule has 0 saturated heterocycles. The van der Waals surface area contributed by atoms with E-state index in [4.69, 9.17) is 5.73 Å². The van der Waals surface area contributed by atoms with Crippen molar-refractivity contribution < 1.29 is 14.4 Å². The predicted molar refractivity (Wildman–Crippen MR) is 84.8 cm³/mol. The average molecular weight is 317 g/mol. The summed E-state index contributed by atoms with van der Waals surface area (Å²) in [5.74, 6) is -1.18. The molecule has 0 bridgehead atoms. The van der Waals surface area contributed by atoms with Crippen molar-refractivity contribution in [2.45, 2.75) is 17.7 Å². The molecule has 0 unspecified atom stereocenters. The number of fused-ring (bicyclic) bond motifs is 1. The largest absolute Gasteiger partial charge is 0.368 e. The number of nitrogens with two attached hydrogens (primary N) is 1. The molecule has 2 rings (SSSR count). The molecule has 0 radical (unpaired) electrons. The molecule has 0 aliphatic carbocycles. The van der Waals surface area contributed by atoms with Crippen LogP contribution in [0.2, 0.25) is 0 Å². The first-order chi connectivity index (χ1) is 10.5. The molecule has 0 aliphatic rings. The van der Waals surface area contributed by atoms with Gasteiger partial charge in [0.1, 0.15) is 0 Å². The number of ketones is 1. The Morgan fingerprint density at radius 1 is 1.18 bits per heavy atom. The number of Topliss-reactive ketones (excluding diaryl/α,β-unsaturated/α-hetero) is 1. The summed E-state index contributed by atoms with van der Waals surface area (Å²) < 4.78 is 0. The summed E-state index contributed by atoms with van der Waals surface area (Å²) in [5, 5.41) is 3.05. The van der Waals surface area contributed by atoms with Gasteiger partial charge in [-0.3, -0.25) is 19.4 Å². The van der Waals surface area contributed by atoms with Crippen LogP contribution in [-0.4, -0.2) is 29.1 Å². The van der Waals surface area contributed by atoms with E-state index >= 15 is 0 Å². The number of hydrogen-bond acceptors (Lipinski definition) is 5. The number of hydrogen-bond donors (Lipinski definition) is 3. The zero-order valence-electron chi connectivity index (χ0n) is 11.7. The maximum Gasteiger partial charge on any atom is 0.236 e. The van der Waals surface area contributed by atoms with Crippen molar-refractivity contribution in [3.63, 3.8) is 0 Å². The highest BCUT2D eigenvalue weighted by atomic mass is 32.1. The number of para-hydroxylation sites is 1. The van der Waals surface area contributed by atoms with Crippen LogP contribution in [0.25, 0.3) is 10.9 Å². The summed E-state index contributed by atoms with van der Waals surface area (Å²) in [7, 11) is 0. The zero-order valence-corrected chi connectivity index (χ0v) is 12.6. The van der Waals surface area contributed by atoms with Gasteiger partial charge in [-0.25, -0.2) is 0 Å². The monoisotopic (exact) mass is 317 g/mol. The molecule has 114 valence electrons. The van der Waals surface area contributed by atoms with Crippen LogP contribution in [-0.2, 0) is 9.59 Å². The van der Waals surface area contributed by atoms with E-state index in [-0.39, 0.29) is 31.1 Å². The van der Waals surface area contributed by atoms with Gasteiger partial charge in [-0.2, -0.15) is 0 Å². The molecule has 3 N–H and O–H groups in total. The van der Waals surface area contributed by atoms with Crippen LogP contribution in [0.15, 0.2) is 35.4 Å². The molecule has 7 heteroatoms. The third-order valence-electron chi connectivity index (χ3n) is 3.09. The second-order valence-corrected chi connectivity index (χ2v) is 5.18. The van der Waals surface area contributed by atoms with Crippen LogP contribution < -0.4 is 11.1 Å². The minimum atomic E-state index is -0.624. The summed E-state index contributed by atoms with van der Waals surface area (Å²) in [6.45, 7) is -0.228. The molecular weight excluding hydrogens is 302 g/mol. The van der Waals surface area contributed by atoms with Gasteiger partial charge < -0.3 is 11.1 Å². The molecule has 1 heterocycles. The van der Waals surface area contributed by atoms with E-state index < -0.39 is 5.91 Å². The first-order valence-electron chi connectivity index (χ1n) is 6.64. The van der Waals surface area contributed by atoms with E-state index in [0.29, 0.717) is 21.4 Å². The lowest BCUT2D eigenvalue weighted by atomic mass is 10.0. The standard InChI is InChI=1S/C15H15N3O3S/c16-13(20)8-18-14(21)5-4-11(19)9-6-7-17-15-10(9)2-1-3-12(15)22/h1-3,6-7,22H,4-5,8H2,(H2,16,20)(H,18,21). The Morgan fingerprint density at radius 2 is 1.95 bits per heavy atom. The highest BCUT2D eigenvalue weighted by Crippen LogP contribution is 2.23. The lowest BCUT2D eigenvalue weighted by Gasteiger charge is -2.07. The molecule has 0 atom stereocenters. The normalized spacial score (nSPS) is 10.4. The van der Waals surface area contributed by atoms with E-state index in [1.54, 1.807) is 30.5 Å². The van der Waals surface area contributed by atoms with Gasteiger partial charge in [0, 0.05) is 34.9 Å². The Kier molecular flexibility index (Phi) is 5.11. The number of thiol groups is 1. The number of primary amides is 1. The molecule has 2 aromatic rings. The fraction of sp³-hybridized carbons (Fsp3) is 0.200. The summed E-state index contributed by atoms with van der Waals surface area (Å²) in [6, 6.07) is 7.01. The van der Waals surface area contributed by atoms with Crippen molar-refractivity contribution in [2.75, 3.05) is 6.54 Å². The number of pyridine rings is 1. The van der Waals surface area contributed by atoms with Gasteiger partial charge in [-0.1, -0.05) is 12.1 Å². The molecule has 1 aromatic heterocycles. The average Bonchev–Trinajstić information content (AvgIpc) is 2.50. The fourth-order valence-electron chi connectivity index (χ4n) is 2.04. The molecule has 22 heavy (non-hydrogen) atoms. The first kappa shape index (κ1) is 16.0. The summed E-state index contributed by atoms with van der Waals surface area (Å²) in [6.07, 6.45) is 1.58. The van der Waals surface area contributed by atoms with E-state index in [1.807, 2.05) is 0 Å². The predicted octanol–water partition coefficient (Wildman–Crippen LogP) is 1.09. The Hall–Kier alpha value is -2.41. The second-order valence-electron chi connectivity index (χ2n) is 4.70. The fourth-order valence-corrected chi connectivity index (χ4v) is 2.30. The number of nitrogens with one attached hydrogen (secondary N) is 1. The number of rotatable bonds is 6. The molecular formula is C15H15N3O3S. The smallest absolute Gasteiger partial charge is 0.236 e. The summed E-state index contributed by atoms with van der Waals surface area (Å²) >= 11 is 4.32. The highest BCUT2D eigenvalue weighted by molar-refractivity contribution is 7.80. The van der Waals surface area contributed by atoms with Crippen molar-refractivity contribution >= 4 is 41.1 Å². The second kappa shape index (κ2) is 7.04. The van der Waals surface area contributed by atoms with Gasteiger partial charge >= 0.3 is 0 Å². The van der Waals surface area contributed by atoms with Crippen molar-refractivity contribution in [3.8, 4) is 0 Å². The van der Waals surface area contributed by atoms with Crippen LogP contribution in [0, 0.1) is 0 Å². The maximum absolute atomic E-state index is 12.3. The van der Waals surface area contributed by atoms with Crippen molar-refractivity contribution in [1.82, 2.24) is 10.3 Å². The van der Waals surface area contributed by atoms with Crippen LogP contribution in [0.4, 0.5) is 0 Å². The van der Waals surface area contributed by atoms with Crippen molar-refractivity contribution in [1.29, 1.82) is 0 Å². The van der Waals surface area contributed by atoms with Gasteiger partial charge in [0.2, 0.25) is 11.8 Å². The number of carbonyl (C=O) groups is 3. The summed E-state index contributed by atoms with van der Waals surface area (Å²) in [4.78, 5) is 39.3. The molecule has 0 aliphatic heterocycles. The van der Waals surface area contributed by atoms with Crippen LogP contribution in [0.3, 0.4) is 0 Å². The first-order valence-corrected chi connectivity index (χ1v) is 7.08. The number of carbonyl (C=O) groups excluding carboxylic acids is 3. The lowest BCUT2D eigenvalue weighted by Crippen LogP contribution is -2.33. The van der Waals surface area contributed by atoms with Crippen molar-refractivity contribution in [3.05, 3.63) is 36.0 Å². The third-order valence-corrected chi connectivity index (χ3v) is 3.45. The quantitative estimate of drug-likeness (QED) is 0.548. The van der Waals surface area contributed by atoms with E-state index in [0.717, 1.165) is 0 Å². The molecule has 6 nitrogen and oxygen atoms in total. The molecule has 0 fully saturated rings. The number of aromatic nitrogens is 1. The Labute approximate surface area is 132 Å². The topological polar surface area (TPSA) is 102 Å². The molecule has 0 saturated carbocycles. The minimum absolute atomic E-state index is 0.00348. The Bertz CT molecular complexity index is 746. The van der Waals surface area contributed by atoms with E-state index in [9.17, 15) is 14.4 Å². The zero-order chi connectivity index (χ0) is 16.1. The molecule has 0 spiro atoms. The van der Waals surface area contributed by atoms with Crippen LogP contribution >= 0.6 is 12.6 Å². The SMILES string of the molecule is NC(=O)CNC(=O)CCC(=O)c1ccnc2c(S)cccc12.